The molecule has 0 N–H and O–H groups in total. The first-order valence-electron chi connectivity index (χ1n) is 6.76. The third-order valence-electron chi connectivity index (χ3n) is 3.47. The second-order valence-electron chi connectivity index (χ2n) is 5.10. The standard InChI is InChI=1S/C16H15Cl2N3/c1-10-7-8-19-16-14(10)20-15(11(2)17)21(16)9-12-3-5-13(18)6-4-12/h3-8,11H,9H2,1-2H3. The molecule has 0 amide bonds. The highest BCUT2D eigenvalue weighted by Gasteiger charge is 2.17. The Labute approximate surface area is 133 Å². The molecule has 3 aromatic rings. The zero-order valence-electron chi connectivity index (χ0n) is 11.8. The van der Waals surface area contributed by atoms with E-state index in [0.29, 0.717) is 6.54 Å². The fourth-order valence-electron chi connectivity index (χ4n) is 2.39. The van der Waals surface area contributed by atoms with E-state index in [1.54, 1.807) is 6.20 Å². The molecule has 1 atom stereocenters. The minimum absolute atomic E-state index is 0.175. The molecular formula is C16H15Cl2N3. The van der Waals surface area contributed by atoms with Crippen LogP contribution in [0.15, 0.2) is 36.5 Å². The van der Waals surface area contributed by atoms with Gasteiger partial charge in [-0.05, 0) is 43.2 Å². The van der Waals surface area contributed by atoms with Crippen LogP contribution in [0, 0.1) is 6.92 Å². The Morgan fingerprint density at radius 2 is 1.90 bits per heavy atom. The number of hydrogen-bond donors (Lipinski definition) is 0. The van der Waals surface area contributed by atoms with Crippen LogP contribution < -0.4 is 0 Å². The number of benzene rings is 1. The molecule has 0 saturated heterocycles. The molecule has 3 nitrogen and oxygen atoms in total. The van der Waals surface area contributed by atoms with Crippen LogP contribution in [-0.2, 0) is 6.54 Å². The predicted octanol–water partition coefficient (Wildman–Crippen LogP) is 4.74. The summed E-state index contributed by atoms with van der Waals surface area (Å²) in [6.45, 7) is 4.64. The van der Waals surface area contributed by atoms with Crippen molar-refractivity contribution in [2.75, 3.05) is 0 Å². The number of fused-ring (bicyclic) bond motifs is 1. The van der Waals surface area contributed by atoms with E-state index < -0.39 is 0 Å². The van der Waals surface area contributed by atoms with Gasteiger partial charge in [-0.25, -0.2) is 9.97 Å². The van der Waals surface area contributed by atoms with Crippen molar-refractivity contribution in [3.63, 3.8) is 0 Å². The van der Waals surface area contributed by atoms with Crippen LogP contribution in [-0.4, -0.2) is 14.5 Å². The fraction of sp³-hybridized carbons (Fsp3) is 0.250. The van der Waals surface area contributed by atoms with Gasteiger partial charge >= 0.3 is 0 Å². The van der Waals surface area contributed by atoms with E-state index in [1.165, 1.54) is 0 Å². The summed E-state index contributed by atoms with van der Waals surface area (Å²) < 4.78 is 2.07. The van der Waals surface area contributed by atoms with Gasteiger partial charge in [0.25, 0.3) is 0 Å². The third-order valence-corrected chi connectivity index (χ3v) is 3.92. The summed E-state index contributed by atoms with van der Waals surface area (Å²) in [6, 6.07) is 9.75. The molecule has 0 spiro atoms. The molecule has 0 aliphatic rings. The first-order valence-corrected chi connectivity index (χ1v) is 7.58. The summed E-state index contributed by atoms with van der Waals surface area (Å²) in [5.41, 5.74) is 4.02. The predicted molar refractivity (Wildman–Crippen MR) is 87.1 cm³/mol. The molecule has 0 aliphatic heterocycles. The van der Waals surface area contributed by atoms with Gasteiger partial charge in [0.2, 0.25) is 0 Å². The molecule has 0 fully saturated rings. The minimum Gasteiger partial charge on any atom is -0.307 e. The lowest BCUT2D eigenvalue weighted by molar-refractivity contribution is 0.736. The number of aromatic nitrogens is 3. The lowest BCUT2D eigenvalue weighted by Gasteiger charge is -2.10. The van der Waals surface area contributed by atoms with Gasteiger partial charge in [-0.3, -0.25) is 0 Å². The summed E-state index contributed by atoms with van der Waals surface area (Å²) in [7, 11) is 0. The van der Waals surface area contributed by atoms with Crippen LogP contribution >= 0.6 is 23.2 Å². The minimum atomic E-state index is -0.175. The number of aryl methyl sites for hydroxylation is 1. The quantitative estimate of drug-likeness (QED) is 0.653. The Bertz CT molecular complexity index is 776. The smallest absolute Gasteiger partial charge is 0.160 e. The number of rotatable bonds is 3. The maximum atomic E-state index is 6.29. The van der Waals surface area contributed by atoms with E-state index in [-0.39, 0.29) is 5.38 Å². The Hall–Kier alpha value is -1.58. The molecule has 5 heteroatoms. The van der Waals surface area contributed by atoms with E-state index in [0.717, 1.165) is 33.1 Å². The normalized spacial score (nSPS) is 12.8. The van der Waals surface area contributed by atoms with Gasteiger partial charge in [0.1, 0.15) is 11.3 Å². The van der Waals surface area contributed by atoms with Crippen molar-refractivity contribution in [3.05, 3.63) is 58.5 Å². The SMILES string of the molecule is Cc1ccnc2c1nc(C(C)Cl)n2Cc1ccc(Cl)cc1. The lowest BCUT2D eigenvalue weighted by Crippen LogP contribution is -2.06. The van der Waals surface area contributed by atoms with Crippen molar-refractivity contribution >= 4 is 34.4 Å². The number of halogens is 2. The molecule has 0 bridgehead atoms. The molecule has 0 aliphatic carbocycles. The average molecular weight is 320 g/mol. The van der Waals surface area contributed by atoms with Gasteiger partial charge < -0.3 is 4.57 Å². The van der Waals surface area contributed by atoms with Gasteiger partial charge in [0.05, 0.1) is 11.9 Å². The van der Waals surface area contributed by atoms with E-state index >= 15 is 0 Å². The van der Waals surface area contributed by atoms with Crippen molar-refractivity contribution in [3.8, 4) is 0 Å². The second kappa shape index (κ2) is 5.66. The van der Waals surface area contributed by atoms with E-state index in [9.17, 15) is 0 Å². The van der Waals surface area contributed by atoms with Crippen LogP contribution in [0.2, 0.25) is 5.02 Å². The monoisotopic (exact) mass is 319 g/mol. The third kappa shape index (κ3) is 2.76. The number of imidazole rings is 1. The zero-order valence-corrected chi connectivity index (χ0v) is 13.4. The maximum Gasteiger partial charge on any atom is 0.160 e. The van der Waals surface area contributed by atoms with Crippen LogP contribution in [0.25, 0.3) is 11.2 Å². The molecule has 3 rings (SSSR count). The second-order valence-corrected chi connectivity index (χ2v) is 6.19. The topological polar surface area (TPSA) is 30.7 Å². The largest absolute Gasteiger partial charge is 0.307 e. The van der Waals surface area contributed by atoms with Crippen LogP contribution in [0.3, 0.4) is 0 Å². The van der Waals surface area contributed by atoms with Gasteiger partial charge in [-0.1, -0.05) is 23.7 Å². The van der Waals surface area contributed by atoms with Gasteiger partial charge in [0, 0.05) is 11.2 Å². The summed E-state index contributed by atoms with van der Waals surface area (Å²) in [5, 5.41) is 0.556. The fourth-order valence-corrected chi connectivity index (χ4v) is 2.68. The Morgan fingerprint density at radius 3 is 2.57 bits per heavy atom. The molecular weight excluding hydrogens is 305 g/mol. The summed E-state index contributed by atoms with van der Waals surface area (Å²) in [6.07, 6.45) is 1.81. The van der Waals surface area contributed by atoms with Crippen molar-refractivity contribution in [1.82, 2.24) is 14.5 Å². The molecule has 2 heterocycles. The van der Waals surface area contributed by atoms with E-state index in [1.807, 2.05) is 44.2 Å². The van der Waals surface area contributed by atoms with Crippen molar-refractivity contribution in [2.45, 2.75) is 25.8 Å². The van der Waals surface area contributed by atoms with Gasteiger partial charge in [0.15, 0.2) is 5.65 Å². The van der Waals surface area contributed by atoms with E-state index in [2.05, 4.69) is 14.5 Å². The summed E-state index contributed by atoms with van der Waals surface area (Å²) >= 11 is 12.2. The first kappa shape index (κ1) is 14.4. The average Bonchev–Trinajstić information content (AvgIpc) is 2.82. The maximum absolute atomic E-state index is 6.29. The van der Waals surface area contributed by atoms with Gasteiger partial charge in [-0.15, -0.1) is 11.6 Å². The Balaban J connectivity index is 2.13. The molecule has 2 aromatic heterocycles. The highest BCUT2D eigenvalue weighted by molar-refractivity contribution is 6.30. The van der Waals surface area contributed by atoms with Gasteiger partial charge in [-0.2, -0.15) is 0 Å². The molecule has 0 radical (unpaired) electrons. The van der Waals surface area contributed by atoms with Crippen molar-refractivity contribution < 1.29 is 0 Å². The summed E-state index contributed by atoms with van der Waals surface area (Å²) in [4.78, 5) is 9.14. The first-order chi connectivity index (χ1) is 10.1. The molecule has 1 aromatic carbocycles. The number of nitrogens with zero attached hydrogens (tertiary/aromatic N) is 3. The Kier molecular flexibility index (Phi) is 3.87. The van der Waals surface area contributed by atoms with Crippen molar-refractivity contribution in [2.24, 2.45) is 0 Å². The highest BCUT2D eigenvalue weighted by atomic mass is 35.5. The molecule has 108 valence electrons. The zero-order chi connectivity index (χ0) is 15.0. The number of pyridine rings is 1. The molecule has 1 unspecified atom stereocenters. The molecule has 0 saturated carbocycles. The van der Waals surface area contributed by atoms with E-state index in [4.69, 9.17) is 23.2 Å². The highest BCUT2D eigenvalue weighted by Crippen LogP contribution is 2.26. The van der Waals surface area contributed by atoms with Crippen LogP contribution in [0.4, 0.5) is 0 Å². The number of alkyl halides is 1. The lowest BCUT2D eigenvalue weighted by atomic mass is 10.2. The Morgan fingerprint density at radius 1 is 1.19 bits per heavy atom. The van der Waals surface area contributed by atoms with Crippen LogP contribution in [0.1, 0.15) is 29.3 Å². The number of hydrogen-bond acceptors (Lipinski definition) is 2. The van der Waals surface area contributed by atoms with Crippen molar-refractivity contribution in [1.29, 1.82) is 0 Å². The molecule has 21 heavy (non-hydrogen) atoms. The van der Waals surface area contributed by atoms with Crippen LogP contribution in [0.5, 0.6) is 0 Å². The summed E-state index contributed by atoms with van der Waals surface area (Å²) in [5.74, 6) is 0.836.